The highest BCUT2D eigenvalue weighted by Crippen LogP contribution is 2.17. The first-order valence-electron chi connectivity index (χ1n) is 6.03. The summed E-state index contributed by atoms with van der Waals surface area (Å²) in [6, 6.07) is 3.48. The van der Waals surface area contributed by atoms with Gasteiger partial charge in [0, 0.05) is 24.7 Å². The second-order valence-electron chi connectivity index (χ2n) is 3.97. The van der Waals surface area contributed by atoms with Crippen LogP contribution in [0.4, 0.5) is 8.78 Å². The molecule has 0 aliphatic rings. The maximum absolute atomic E-state index is 11.9. The molecule has 0 amide bonds. The van der Waals surface area contributed by atoms with E-state index in [2.05, 4.69) is 15.1 Å². The Morgan fingerprint density at radius 3 is 3.00 bits per heavy atom. The fourth-order valence-electron chi connectivity index (χ4n) is 1.53. The Hall–Kier alpha value is -1.93. The number of ether oxygens (including phenoxy) is 1. The summed E-state index contributed by atoms with van der Waals surface area (Å²) in [4.78, 5) is 8.22. The van der Waals surface area contributed by atoms with Crippen molar-refractivity contribution in [2.45, 2.75) is 19.4 Å². The summed E-state index contributed by atoms with van der Waals surface area (Å²) in [5, 5.41) is 3.76. The van der Waals surface area contributed by atoms with Gasteiger partial charge in [-0.25, -0.2) is 8.78 Å². The molecule has 6 nitrogen and oxygen atoms in total. The van der Waals surface area contributed by atoms with Gasteiger partial charge in [0.1, 0.15) is 6.61 Å². The lowest BCUT2D eigenvalue weighted by atomic mass is 10.2. The summed E-state index contributed by atoms with van der Waals surface area (Å²) in [5.74, 6) is 0.742. The maximum Gasteiger partial charge on any atom is 0.261 e. The Morgan fingerprint density at radius 2 is 2.25 bits per heavy atom. The first-order chi connectivity index (χ1) is 9.69. The molecule has 0 aromatic carbocycles. The Balaban J connectivity index is 1.94. The Morgan fingerprint density at radius 1 is 1.40 bits per heavy atom. The van der Waals surface area contributed by atoms with Crippen molar-refractivity contribution >= 4 is 0 Å². The van der Waals surface area contributed by atoms with Gasteiger partial charge in [-0.2, -0.15) is 4.98 Å². The van der Waals surface area contributed by atoms with Crippen molar-refractivity contribution in [1.29, 1.82) is 0 Å². The van der Waals surface area contributed by atoms with Gasteiger partial charge in [0.2, 0.25) is 0 Å². The van der Waals surface area contributed by atoms with E-state index in [0.717, 1.165) is 0 Å². The minimum Gasteiger partial charge on any atom is -0.375 e. The molecule has 0 atom stereocenters. The molecule has 0 bridgehead atoms. The molecular formula is C12H14F2N4O2. The van der Waals surface area contributed by atoms with Crippen LogP contribution in [0.1, 0.15) is 11.5 Å². The number of nitrogens with zero attached hydrogens (tertiary/aromatic N) is 3. The second kappa shape index (κ2) is 7.01. The van der Waals surface area contributed by atoms with Gasteiger partial charge in [-0.05, 0) is 12.1 Å². The van der Waals surface area contributed by atoms with Crippen LogP contribution in [0.5, 0.6) is 0 Å². The summed E-state index contributed by atoms with van der Waals surface area (Å²) in [6.45, 7) is -0.154. The summed E-state index contributed by atoms with van der Waals surface area (Å²) in [6.07, 6.45) is -0.555. The van der Waals surface area contributed by atoms with E-state index >= 15 is 0 Å². The molecule has 0 aliphatic heterocycles. The smallest absolute Gasteiger partial charge is 0.261 e. The van der Waals surface area contributed by atoms with Crippen molar-refractivity contribution in [3.63, 3.8) is 0 Å². The van der Waals surface area contributed by atoms with Crippen molar-refractivity contribution < 1.29 is 18.0 Å². The van der Waals surface area contributed by atoms with Gasteiger partial charge >= 0.3 is 0 Å². The van der Waals surface area contributed by atoms with Gasteiger partial charge in [-0.1, -0.05) is 5.16 Å². The zero-order chi connectivity index (χ0) is 14.4. The summed E-state index contributed by atoms with van der Waals surface area (Å²) >= 11 is 0. The molecule has 0 fully saturated rings. The molecule has 0 radical (unpaired) electrons. The van der Waals surface area contributed by atoms with Crippen molar-refractivity contribution in [3.8, 4) is 11.5 Å². The van der Waals surface area contributed by atoms with E-state index in [1.54, 1.807) is 18.3 Å². The highest BCUT2D eigenvalue weighted by molar-refractivity contribution is 5.52. The van der Waals surface area contributed by atoms with Gasteiger partial charge in [-0.15, -0.1) is 0 Å². The Kier molecular flexibility index (Phi) is 5.08. The zero-order valence-electron chi connectivity index (χ0n) is 10.6. The molecular weight excluding hydrogens is 270 g/mol. The normalized spacial score (nSPS) is 11.2. The molecule has 2 rings (SSSR count). The largest absolute Gasteiger partial charge is 0.375 e. The molecule has 0 saturated heterocycles. The van der Waals surface area contributed by atoms with Crippen LogP contribution in [-0.2, 0) is 17.7 Å². The topological polar surface area (TPSA) is 87.1 Å². The number of pyridine rings is 1. The summed E-state index contributed by atoms with van der Waals surface area (Å²) < 4.78 is 33.6. The van der Waals surface area contributed by atoms with E-state index in [-0.39, 0.29) is 6.61 Å². The van der Waals surface area contributed by atoms with Gasteiger partial charge in [0.15, 0.2) is 5.82 Å². The third kappa shape index (κ3) is 4.04. The van der Waals surface area contributed by atoms with Crippen LogP contribution in [0.3, 0.4) is 0 Å². The van der Waals surface area contributed by atoms with Crippen molar-refractivity contribution in [1.82, 2.24) is 15.1 Å². The number of nitrogens with two attached hydrogens (primary N) is 1. The van der Waals surface area contributed by atoms with E-state index in [9.17, 15) is 8.78 Å². The lowest BCUT2D eigenvalue weighted by Gasteiger charge is -1.99. The SMILES string of the molecule is NCc1cc(-c2nc(CCOCC(F)F)no2)ccn1. The molecule has 0 aliphatic carbocycles. The van der Waals surface area contributed by atoms with Crippen molar-refractivity contribution in [2.75, 3.05) is 13.2 Å². The fourth-order valence-corrected chi connectivity index (χ4v) is 1.53. The number of hydrogen-bond acceptors (Lipinski definition) is 6. The minimum absolute atomic E-state index is 0.119. The standard InChI is InChI=1S/C12H14F2N4O2/c13-10(14)7-19-4-2-11-17-12(20-18-11)8-1-3-16-9(5-8)6-15/h1,3,5,10H,2,4,6-7,15H2. The number of rotatable bonds is 7. The van der Waals surface area contributed by atoms with Gasteiger partial charge in [-0.3, -0.25) is 4.98 Å². The monoisotopic (exact) mass is 284 g/mol. The van der Waals surface area contributed by atoms with E-state index in [1.807, 2.05) is 0 Å². The number of aromatic nitrogens is 3. The van der Waals surface area contributed by atoms with Gasteiger partial charge < -0.3 is 15.0 Å². The molecule has 8 heteroatoms. The predicted molar refractivity (Wildman–Crippen MR) is 65.9 cm³/mol. The lowest BCUT2D eigenvalue weighted by Crippen LogP contribution is -2.07. The number of halogens is 2. The van der Waals surface area contributed by atoms with E-state index in [4.69, 9.17) is 15.0 Å². The lowest BCUT2D eigenvalue weighted by molar-refractivity contribution is 0.0182. The Bertz CT molecular complexity index is 548. The van der Waals surface area contributed by atoms with Gasteiger partial charge in [0.25, 0.3) is 12.3 Å². The maximum atomic E-state index is 11.9. The predicted octanol–water partition coefficient (Wildman–Crippen LogP) is 1.41. The second-order valence-corrected chi connectivity index (χ2v) is 3.97. The van der Waals surface area contributed by atoms with E-state index < -0.39 is 13.0 Å². The molecule has 0 spiro atoms. The zero-order valence-corrected chi connectivity index (χ0v) is 10.6. The third-order valence-corrected chi connectivity index (χ3v) is 2.45. The number of hydrogen-bond donors (Lipinski definition) is 1. The highest BCUT2D eigenvalue weighted by Gasteiger charge is 2.10. The van der Waals surface area contributed by atoms with Crippen LogP contribution in [0.2, 0.25) is 0 Å². The third-order valence-electron chi connectivity index (χ3n) is 2.45. The fraction of sp³-hybridized carbons (Fsp3) is 0.417. The molecule has 20 heavy (non-hydrogen) atoms. The Labute approximate surface area is 114 Å². The van der Waals surface area contributed by atoms with Crippen LogP contribution >= 0.6 is 0 Å². The van der Waals surface area contributed by atoms with Crippen LogP contribution < -0.4 is 5.73 Å². The van der Waals surface area contributed by atoms with E-state index in [0.29, 0.717) is 35.9 Å². The molecule has 0 saturated carbocycles. The molecule has 2 heterocycles. The number of alkyl halides is 2. The van der Waals surface area contributed by atoms with Crippen molar-refractivity contribution in [2.24, 2.45) is 5.73 Å². The van der Waals surface area contributed by atoms with E-state index in [1.165, 1.54) is 0 Å². The minimum atomic E-state index is -2.47. The average Bonchev–Trinajstić information content (AvgIpc) is 2.92. The molecule has 2 N–H and O–H groups in total. The highest BCUT2D eigenvalue weighted by atomic mass is 19.3. The van der Waals surface area contributed by atoms with Crippen LogP contribution in [-0.4, -0.2) is 34.8 Å². The van der Waals surface area contributed by atoms with Crippen LogP contribution in [0, 0.1) is 0 Å². The molecule has 108 valence electrons. The quantitative estimate of drug-likeness (QED) is 0.774. The first-order valence-corrected chi connectivity index (χ1v) is 6.03. The summed E-state index contributed by atoms with van der Waals surface area (Å²) in [7, 11) is 0. The molecule has 2 aromatic heterocycles. The average molecular weight is 284 g/mol. The molecule has 2 aromatic rings. The van der Waals surface area contributed by atoms with Gasteiger partial charge in [0.05, 0.1) is 12.3 Å². The molecule has 0 unspecified atom stereocenters. The van der Waals surface area contributed by atoms with Crippen molar-refractivity contribution in [3.05, 3.63) is 29.8 Å². The summed E-state index contributed by atoms with van der Waals surface area (Å²) in [5.41, 5.74) is 6.93. The van der Waals surface area contributed by atoms with Crippen LogP contribution in [0.25, 0.3) is 11.5 Å². The van der Waals surface area contributed by atoms with Crippen LogP contribution in [0.15, 0.2) is 22.9 Å². The first kappa shape index (κ1) is 14.5.